The van der Waals surface area contributed by atoms with Gasteiger partial charge in [-0.05, 0) is 89.8 Å². The standard InChI is InChI=1S/C48H50BrN5O6Si/c1-31-45(61(4,5)39-22-20-38(59-3)21-23-39)44(25-26-53-29-42(51-52-53)40(30-55)33-9-7-6-8-10-33)60-48(31)41-27-35(49)15-24-43(41)54(47(48)57)28-32-11-16-36(17-12-32)50-46(56)34-13-18-37(58-2)19-14-34/h6-24,27,29,31,40,44-45,55H,25-26,28,30H2,1-5H3,(H,50,56)/t31-,40?,44+,45-,48+/m1/s1. The lowest BCUT2D eigenvalue weighted by atomic mass is 9.82. The minimum atomic E-state index is -2.39. The van der Waals surface area contributed by atoms with E-state index in [1.54, 1.807) is 38.5 Å². The molecule has 11 nitrogen and oxygen atoms in total. The van der Waals surface area contributed by atoms with Gasteiger partial charge in [0.2, 0.25) is 0 Å². The summed E-state index contributed by atoms with van der Waals surface area (Å²) in [5, 5.41) is 23.5. The number of ether oxygens (including phenoxy) is 3. The number of anilines is 2. The van der Waals surface area contributed by atoms with Gasteiger partial charge in [0.05, 0.1) is 58.8 Å². The van der Waals surface area contributed by atoms with Gasteiger partial charge in [0, 0.05) is 39.9 Å². The van der Waals surface area contributed by atoms with Gasteiger partial charge in [-0.25, -0.2) is 0 Å². The van der Waals surface area contributed by atoms with E-state index in [4.69, 9.17) is 14.2 Å². The van der Waals surface area contributed by atoms with Crippen LogP contribution in [-0.2, 0) is 28.2 Å². The van der Waals surface area contributed by atoms with Gasteiger partial charge < -0.3 is 29.5 Å². The second-order valence-electron chi connectivity index (χ2n) is 16.4. The average Bonchev–Trinajstić information content (AvgIpc) is 3.94. The number of carbonyl (C=O) groups is 2. The van der Waals surface area contributed by atoms with E-state index in [1.807, 2.05) is 101 Å². The minimum absolute atomic E-state index is 0.0303. The monoisotopic (exact) mass is 899 g/mol. The van der Waals surface area contributed by atoms with Crippen LogP contribution in [0.3, 0.4) is 0 Å². The molecular formula is C48H50BrN5O6Si. The van der Waals surface area contributed by atoms with Crippen molar-refractivity contribution < 1.29 is 28.9 Å². The molecule has 1 fully saturated rings. The number of nitrogens with zero attached hydrogens (tertiary/aromatic N) is 4. The van der Waals surface area contributed by atoms with Crippen LogP contribution in [-0.4, -0.2) is 66.9 Å². The first-order valence-corrected chi connectivity index (χ1v) is 24.4. The molecule has 61 heavy (non-hydrogen) atoms. The van der Waals surface area contributed by atoms with Crippen molar-refractivity contribution in [2.24, 2.45) is 5.92 Å². The SMILES string of the molecule is COc1ccc(C(=O)Nc2ccc(CN3C(=O)[C@@]4(O[C@@H](CCn5cc(C(CO)c6ccccc6)nn5)[C@H]([Si](C)(C)c5ccc(OC)cc5)[C@H]4C)c4cc(Br)ccc43)cc2)cc1. The summed E-state index contributed by atoms with van der Waals surface area (Å²) in [6.45, 7) is 7.69. The predicted molar refractivity (Wildman–Crippen MR) is 242 cm³/mol. The number of aryl methyl sites for hydroxylation is 1. The number of aliphatic hydroxyl groups is 1. The number of benzene rings is 5. The topological polar surface area (TPSA) is 128 Å². The van der Waals surface area contributed by atoms with Crippen molar-refractivity contribution in [3.05, 3.63) is 160 Å². The molecule has 2 N–H and O–H groups in total. The molecule has 1 aromatic heterocycles. The van der Waals surface area contributed by atoms with Crippen LogP contribution in [0.4, 0.5) is 11.4 Å². The fourth-order valence-corrected chi connectivity index (χ4v) is 13.9. The molecule has 3 heterocycles. The third-order valence-corrected chi connectivity index (χ3v) is 17.5. The summed E-state index contributed by atoms with van der Waals surface area (Å²) >= 11 is 3.73. The highest BCUT2D eigenvalue weighted by Gasteiger charge is 2.66. The zero-order chi connectivity index (χ0) is 42.9. The van der Waals surface area contributed by atoms with E-state index in [2.05, 4.69) is 63.7 Å². The average molecular weight is 901 g/mol. The Hall–Kier alpha value is -5.60. The van der Waals surface area contributed by atoms with Gasteiger partial charge in [-0.1, -0.05) is 101 Å². The fourth-order valence-electron chi connectivity index (χ4n) is 9.43. The number of amides is 2. The van der Waals surface area contributed by atoms with Crippen molar-refractivity contribution in [1.82, 2.24) is 15.0 Å². The van der Waals surface area contributed by atoms with Crippen molar-refractivity contribution >= 4 is 52.4 Å². The van der Waals surface area contributed by atoms with E-state index in [0.717, 1.165) is 32.6 Å². The van der Waals surface area contributed by atoms with Crippen LogP contribution >= 0.6 is 15.9 Å². The second kappa shape index (κ2) is 17.4. The predicted octanol–water partition coefficient (Wildman–Crippen LogP) is 8.29. The van der Waals surface area contributed by atoms with E-state index < -0.39 is 13.7 Å². The summed E-state index contributed by atoms with van der Waals surface area (Å²) in [6.07, 6.45) is 2.22. The van der Waals surface area contributed by atoms with E-state index in [0.29, 0.717) is 42.2 Å². The van der Waals surface area contributed by atoms with Gasteiger partial charge in [0.25, 0.3) is 11.8 Å². The number of halogens is 1. The van der Waals surface area contributed by atoms with Gasteiger partial charge in [0.1, 0.15) is 11.5 Å². The Kier molecular flexibility index (Phi) is 12.0. The maximum Gasteiger partial charge on any atom is 0.264 e. The molecule has 5 atom stereocenters. The van der Waals surface area contributed by atoms with Crippen LogP contribution in [0, 0.1) is 5.92 Å². The van der Waals surface area contributed by atoms with Gasteiger partial charge in [-0.2, -0.15) is 0 Å². The molecule has 0 saturated carbocycles. The first kappa shape index (κ1) is 42.1. The van der Waals surface area contributed by atoms with E-state index in [9.17, 15) is 9.90 Å². The lowest BCUT2D eigenvalue weighted by molar-refractivity contribution is -0.146. The molecule has 0 bridgehead atoms. The van der Waals surface area contributed by atoms with Crippen molar-refractivity contribution in [1.29, 1.82) is 0 Å². The fraction of sp³-hybridized carbons (Fsp3) is 0.292. The molecule has 8 rings (SSSR count). The number of hydrogen-bond donors (Lipinski definition) is 2. The highest BCUT2D eigenvalue weighted by atomic mass is 79.9. The molecule has 1 spiro atoms. The van der Waals surface area contributed by atoms with Crippen molar-refractivity contribution in [2.45, 2.75) is 62.7 Å². The molecule has 5 aromatic carbocycles. The summed E-state index contributed by atoms with van der Waals surface area (Å²) in [6, 6.07) is 38.8. The first-order chi connectivity index (χ1) is 29.5. The summed E-state index contributed by atoms with van der Waals surface area (Å²) in [4.78, 5) is 30.2. The van der Waals surface area contributed by atoms with Gasteiger partial charge >= 0.3 is 0 Å². The molecule has 13 heteroatoms. The molecule has 2 aliphatic rings. The Balaban J connectivity index is 1.09. The van der Waals surface area contributed by atoms with Crippen LogP contribution in [0.25, 0.3) is 0 Å². The molecule has 314 valence electrons. The smallest absolute Gasteiger partial charge is 0.264 e. The maximum atomic E-state index is 15.4. The number of rotatable bonds is 14. The van der Waals surface area contributed by atoms with Crippen LogP contribution in [0.1, 0.15) is 52.0 Å². The quantitative estimate of drug-likeness (QED) is 0.105. The number of aliphatic hydroxyl groups excluding tert-OH is 1. The Morgan fingerprint density at radius 3 is 2.26 bits per heavy atom. The van der Waals surface area contributed by atoms with Gasteiger partial charge in [-0.15, -0.1) is 5.10 Å². The molecular weight excluding hydrogens is 851 g/mol. The Bertz CT molecular complexity index is 2500. The third-order valence-electron chi connectivity index (χ3n) is 12.6. The summed E-state index contributed by atoms with van der Waals surface area (Å²) in [5.41, 5.74) is 4.21. The number of methoxy groups -OCH3 is 2. The normalized spacial score (nSPS) is 20.1. The molecule has 2 aliphatic heterocycles. The van der Waals surface area contributed by atoms with Crippen LogP contribution in [0.15, 0.2) is 132 Å². The maximum absolute atomic E-state index is 15.4. The molecule has 1 saturated heterocycles. The summed E-state index contributed by atoms with van der Waals surface area (Å²) in [5.74, 6) is 0.678. The lowest BCUT2D eigenvalue weighted by Crippen LogP contribution is -2.51. The van der Waals surface area contributed by atoms with Crippen molar-refractivity contribution in [3.8, 4) is 11.5 Å². The summed E-state index contributed by atoms with van der Waals surface area (Å²) in [7, 11) is 0.865. The van der Waals surface area contributed by atoms with Crippen LogP contribution in [0.5, 0.6) is 11.5 Å². The van der Waals surface area contributed by atoms with E-state index in [1.165, 1.54) is 5.19 Å². The highest BCUT2D eigenvalue weighted by Crippen LogP contribution is 2.60. The van der Waals surface area contributed by atoms with Crippen LogP contribution < -0.4 is 24.9 Å². The number of aromatic nitrogens is 3. The summed E-state index contributed by atoms with van der Waals surface area (Å²) < 4.78 is 20.8. The Morgan fingerprint density at radius 1 is 0.934 bits per heavy atom. The number of nitrogens with one attached hydrogen (secondary N) is 1. The molecule has 6 aromatic rings. The third kappa shape index (κ3) is 8.03. The zero-order valence-electron chi connectivity index (χ0n) is 34.9. The van der Waals surface area contributed by atoms with Crippen molar-refractivity contribution in [3.63, 3.8) is 0 Å². The highest BCUT2D eigenvalue weighted by molar-refractivity contribution is 9.10. The van der Waals surface area contributed by atoms with E-state index >= 15 is 4.79 Å². The largest absolute Gasteiger partial charge is 0.497 e. The molecule has 1 unspecified atom stereocenters. The Morgan fingerprint density at radius 2 is 1.61 bits per heavy atom. The van der Waals surface area contributed by atoms with Gasteiger partial charge in [0.15, 0.2) is 5.60 Å². The van der Waals surface area contributed by atoms with Gasteiger partial charge in [-0.3, -0.25) is 14.3 Å². The molecule has 0 aliphatic carbocycles. The first-order valence-electron chi connectivity index (χ1n) is 20.5. The molecule has 0 radical (unpaired) electrons. The number of carbonyl (C=O) groups excluding carboxylic acids is 2. The minimum Gasteiger partial charge on any atom is -0.497 e. The molecule has 2 amide bonds. The van der Waals surface area contributed by atoms with E-state index in [-0.39, 0.29) is 41.9 Å². The Labute approximate surface area is 365 Å². The van der Waals surface area contributed by atoms with Crippen molar-refractivity contribution in [2.75, 3.05) is 31.0 Å². The number of fused-ring (bicyclic) bond motifs is 2. The lowest BCUT2D eigenvalue weighted by Gasteiger charge is -2.37. The zero-order valence-corrected chi connectivity index (χ0v) is 37.5. The van der Waals surface area contributed by atoms with Crippen LogP contribution in [0.2, 0.25) is 18.6 Å². The second-order valence-corrected chi connectivity index (χ2v) is 22.0. The number of hydrogen-bond acceptors (Lipinski definition) is 8.